The van der Waals surface area contributed by atoms with Gasteiger partial charge in [0.05, 0.1) is 6.04 Å². The average molecular weight is 296 g/mol. The lowest BCUT2D eigenvalue weighted by Crippen LogP contribution is -2.33. The molecule has 0 saturated heterocycles. The zero-order valence-corrected chi connectivity index (χ0v) is 11.4. The van der Waals surface area contributed by atoms with Gasteiger partial charge in [0.1, 0.15) is 5.84 Å². The molecule has 0 atom stereocenters. The first-order valence-corrected chi connectivity index (χ1v) is 6.90. The number of aliphatic imine (C=N–C) groups is 1. The van der Waals surface area contributed by atoms with E-state index in [1.165, 1.54) is 32.1 Å². The molecule has 0 heterocycles. The molecule has 1 aromatic carbocycles. The van der Waals surface area contributed by atoms with Crippen LogP contribution in [0, 0.1) is 0 Å². The third-order valence-corrected chi connectivity index (χ3v) is 3.84. The van der Waals surface area contributed by atoms with E-state index in [0.29, 0.717) is 6.04 Å². The van der Waals surface area contributed by atoms with Gasteiger partial charge >= 0.3 is 0 Å². The van der Waals surface area contributed by atoms with Crippen molar-refractivity contribution >= 4 is 21.8 Å². The largest absolute Gasteiger partial charge is 0.308 e. The molecule has 17 heavy (non-hydrogen) atoms. The fourth-order valence-corrected chi connectivity index (χ4v) is 2.70. The number of hydrogen-bond donors (Lipinski definition) is 2. The van der Waals surface area contributed by atoms with Crippen molar-refractivity contribution in [3.63, 3.8) is 0 Å². The summed E-state index contributed by atoms with van der Waals surface area (Å²) >= 11 is 3.53. The van der Waals surface area contributed by atoms with Gasteiger partial charge in [-0.1, -0.05) is 53.4 Å². The summed E-state index contributed by atoms with van der Waals surface area (Å²) in [6.45, 7) is 0. The first kappa shape index (κ1) is 12.6. The number of nitrogens with zero attached hydrogens (tertiary/aromatic N) is 1. The van der Waals surface area contributed by atoms with E-state index in [2.05, 4.69) is 21.4 Å². The van der Waals surface area contributed by atoms with Crippen LogP contribution in [0.2, 0.25) is 0 Å². The summed E-state index contributed by atoms with van der Waals surface area (Å²) in [6.07, 6.45) is 6.25. The SMILES string of the molecule is NNC(=NC1CCCCC1)c1ccccc1Br. The van der Waals surface area contributed by atoms with Crippen LogP contribution in [0.25, 0.3) is 0 Å². The Kier molecular flexibility index (Phi) is 4.57. The Labute approximate surface area is 111 Å². The molecule has 0 radical (unpaired) electrons. The number of nitrogens with two attached hydrogens (primary N) is 1. The molecule has 1 aromatic rings. The summed E-state index contributed by atoms with van der Waals surface area (Å²) in [5.41, 5.74) is 3.75. The molecule has 3 nitrogen and oxygen atoms in total. The van der Waals surface area contributed by atoms with E-state index in [-0.39, 0.29) is 0 Å². The molecule has 1 aliphatic rings. The van der Waals surface area contributed by atoms with Crippen LogP contribution in [0.3, 0.4) is 0 Å². The first-order valence-electron chi connectivity index (χ1n) is 6.10. The molecule has 0 spiro atoms. The summed E-state index contributed by atoms with van der Waals surface area (Å²) in [4.78, 5) is 4.74. The second kappa shape index (κ2) is 6.17. The molecule has 1 aliphatic carbocycles. The van der Waals surface area contributed by atoms with Gasteiger partial charge in [-0.25, -0.2) is 5.84 Å². The Bertz CT molecular complexity index is 397. The second-order valence-corrected chi connectivity index (χ2v) is 5.25. The third-order valence-electron chi connectivity index (χ3n) is 3.15. The van der Waals surface area contributed by atoms with Crippen molar-refractivity contribution in [3.8, 4) is 0 Å². The topological polar surface area (TPSA) is 50.4 Å². The molecule has 0 unspecified atom stereocenters. The van der Waals surface area contributed by atoms with Crippen LogP contribution in [0.1, 0.15) is 37.7 Å². The highest BCUT2D eigenvalue weighted by molar-refractivity contribution is 9.10. The molecule has 92 valence electrons. The second-order valence-electron chi connectivity index (χ2n) is 4.39. The lowest BCUT2D eigenvalue weighted by molar-refractivity contribution is 0.442. The zero-order chi connectivity index (χ0) is 12.1. The monoisotopic (exact) mass is 295 g/mol. The summed E-state index contributed by atoms with van der Waals surface area (Å²) in [5.74, 6) is 6.37. The Morgan fingerprint density at radius 3 is 2.59 bits per heavy atom. The molecule has 2 rings (SSSR count). The summed E-state index contributed by atoms with van der Waals surface area (Å²) in [7, 11) is 0. The minimum atomic E-state index is 0.418. The van der Waals surface area contributed by atoms with Gasteiger partial charge in [-0.2, -0.15) is 0 Å². The van der Waals surface area contributed by atoms with Crippen molar-refractivity contribution in [2.45, 2.75) is 38.1 Å². The van der Waals surface area contributed by atoms with Crippen LogP contribution >= 0.6 is 15.9 Å². The number of halogens is 1. The van der Waals surface area contributed by atoms with Gasteiger partial charge in [-0.15, -0.1) is 0 Å². The maximum Gasteiger partial charge on any atom is 0.143 e. The Hall–Kier alpha value is -0.870. The molecule has 0 aliphatic heterocycles. The third kappa shape index (κ3) is 3.30. The summed E-state index contributed by atoms with van der Waals surface area (Å²) < 4.78 is 1.02. The number of hydrazine groups is 1. The van der Waals surface area contributed by atoms with Crippen molar-refractivity contribution in [1.82, 2.24) is 5.43 Å². The maximum atomic E-state index is 5.59. The van der Waals surface area contributed by atoms with Gasteiger partial charge < -0.3 is 5.43 Å². The fourth-order valence-electron chi connectivity index (χ4n) is 2.23. The Morgan fingerprint density at radius 1 is 1.24 bits per heavy atom. The molecule has 0 aromatic heterocycles. The molecule has 1 fully saturated rings. The van der Waals surface area contributed by atoms with E-state index >= 15 is 0 Å². The van der Waals surface area contributed by atoms with Crippen LogP contribution in [0.5, 0.6) is 0 Å². The summed E-state index contributed by atoms with van der Waals surface area (Å²) in [5, 5.41) is 0. The van der Waals surface area contributed by atoms with Crippen molar-refractivity contribution < 1.29 is 0 Å². The number of amidine groups is 1. The minimum absolute atomic E-state index is 0.418. The van der Waals surface area contributed by atoms with Crippen LogP contribution in [0.15, 0.2) is 33.7 Å². The Morgan fingerprint density at radius 2 is 1.94 bits per heavy atom. The molecule has 0 bridgehead atoms. The van der Waals surface area contributed by atoms with E-state index in [9.17, 15) is 0 Å². The van der Waals surface area contributed by atoms with Gasteiger partial charge in [-0.05, 0) is 18.9 Å². The summed E-state index contributed by atoms with van der Waals surface area (Å²) in [6, 6.07) is 8.42. The highest BCUT2D eigenvalue weighted by Gasteiger charge is 2.14. The van der Waals surface area contributed by atoms with Gasteiger partial charge in [0.2, 0.25) is 0 Å². The first-order chi connectivity index (χ1) is 8.31. The number of nitrogens with one attached hydrogen (secondary N) is 1. The van der Waals surface area contributed by atoms with Crippen molar-refractivity contribution in [1.29, 1.82) is 0 Å². The number of rotatable bonds is 2. The van der Waals surface area contributed by atoms with E-state index < -0.39 is 0 Å². The van der Waals surface area contributed by atoms with Crippen molar-refractivity contribution in [2.24, 2.45) is 10.8 Å². The smallest absolute Gasteiger partial charge is 0.143 e. The lowest BCUT2D eigenvalue weighted by Gasteiger charge is -2.19. The van der Waals surface area contributed by atoms with E-state index in [1.54, 1.807) is 0 Å². The molecule has 4 heteroatoms. The molecular weight excluding hydrogens is 278 g/mol. The highest BCUT2D eigenvalue weighted by atomic mass is 79.9. The minimum Gasteiger partial charge on any atom is -0.308 e. The molecular formula is C13H18BrN3. The molecule has 0 amide bonds. The van der Waals surface area contributed by atoms with Gasteiger partial charge in [0, 0.05) is 10.0 Å². The van der Waals surface area contributed by atoms with Crippen LogP contribution in [-0.4, -0.2) is 11.9 Å². The standard InChI is InChI=1S/C13H18BrN3/c14-12-9-5-4-8-11(12)13(17-15)16-10-6-2-1-3-7-10/h4-5,8-10H,1-3,6-7,15H2,(H,16,17). The van der Waals surface area contributed by atoms with Crippen LogP contribution < -0.4 is 11.3 Å². The lowest BCUT2D eigenvalue weighted by atomic mass is 9.96. The van der Waals surface area contributed by atoms with Crippen molar-refractivity contribution in [2.75, 3.05) is 0 Å². The van der Waals surface area contributed by atoms with E-state index in [1.807, 2.05) is 24.3 Å². The zero-order valence-electron chi connectivity index (χ0n) is 9.82. The van der Waals surface area contributed by atoms with Crippen LogP contribution in [0.4, 0.5) is 0 Å². The predicted molar refractivity (Wildman–Crippen MR) is 74.9 cm³/mol. The van der Waals surface area contributed by atoms with Gasteiger partial charge in [0.25, 0.3) is 0 Å². The maximum absolute atomic E-state index is 5.59. The quantitative estimate of drug-likeness (QED) is 0.381. The van der Waals surface area contributed by atoms with Gasteiger partial charge in [-0.3, -0.25) is 4.99 Å². The fraction of sp³-hybridized carbons (Fsp3) is 0.462. The van der Waals surface area contributed by atoms with Crippen molar-refractivity contribution in [3.05, 3.63) is 34.3 Å². The van der Waals surface area contributed by atoms with Crippen LogP contribution in [-0.2, 0) is 0 Å². The van der Waals surface area contributed by atoms with E-state index in [0.717, 1.165) is 15.9 Å². The molecule has 3 N–H and O–H groups in total. The van der Waals surface area contributed by atoms with E-state index in [4.69, 9.17) is 10.8 Å². The number of benzene rings is 1. The van der Waals surface area contributed by atoms with Gasteiger partial charge in [0.15, 0.2) is 0 Å². The normalized spacial score (nSPS) is 18.1. The number of hydrogen-bond acceptors (Lipinski definition) is 2. The predicted octanol–water partition coefficient (Wildman–Crippen LogP) is 2.99. The average Bonchev–Trinajstić information content (AvgIpc) is 2.38. The Balaban J connectivity index is 2.20. The molecule has 1 saturated carbocycles. The highest BCUT2D eigenvalue weighted by Crippen LogP contribution is 2.22.